The highest BCUT2D eigenvalue weighted by Crippen LogP contribution is 2.35. The van der Waals surface area contributed by atoms with Crippen molar-refractivity contribution in [2.75, 3.05) is 12.4 Å². The molecular formula is C21H17ClFN3O3. The summed E-state index contributed by atoms with van der Waals surface area (Å²) in [7, 11) is 1.26. The molecule has 3 aromatic rings. The van der Waals surface area contributed by atoms with Gasteiger partial charge in [0, 0.05) is 0 Å². The third-order valence-corrected chi connectivity index (χ3v) is 5.34. The number of fused-ring (bicyclic) bond motifs is 1. The van der Waals surface area contributed by atoms with Crippen molar-refractivity contribution in [3.05, 3.63) is 86.5 Å². The highest BCUT2D eigenvalue weighted by molar-refractivity contribution is 6.33. The average Bonchev–Trinajstić information content (AvgIpc) is 3.13. The Kier molecular flexibility index (Phi) is 5.07. The van der Waals surface area contributed by atoms with Crippen molar-refractivity contribution < 1.29 is 13.9 Å². The van der Waals surface area contributed by atoms with Crippen molar-refractivity contribution in [2.24, 2.45) is 0 Å². The zero-order valence-electron chi connectivity index (χ0n) is 15.5. The summed E-state index contributed by atoms with van der Waals surface area (Å²) in [5.41, 5.74) is 2.15. The fourth-order valence-electron chi connectivity index (χ4n) is 3.56. The van der Waals surface area contributed by atoms with Crippen molar-refractivity contribution in [1.29, 1.82) is 0 Å². The zero-order valence-corrected chi connectivity index (χ0v) is 16.2. The number of aromatic nitrogens is 2. The normalized spacial score (nSPS) is 15.1. The maximum absolute atomic E-state index is 13.6. The molecular weight excluding hydrogens is 397 g/mol. The standard InChI is InChI=1S/C21H17ClFN3O3/c1-29-21(28)14-4-2-3-5-18(14)26-20(27)19(22)17(11-24-26)25-16-9-7-12-6-8-13(23)10-15(12)16/h2-6,8,10-11,16,25H,7,9H2,1H3. The lowest BCUT2D eigenvalue weighted by Crippen LogP contribution is -2.25. The molecule has 1 aliphatic carbocycles. The first-order valence-electron chi connectivity index (χ1n) is 9.00. The second-order valence-corrected chi connectivity index (χ2v) is 7.05. The lowest BCUT2D eigenvalue weighted by atomic mass is 10.1. The van der Waals surface area contributed by atoms with E-state index in [2.05, 4.69) is 10.4 Å². The number of carbonyl (C=O) groups is 1. The number of anilines is 1. The Morgan fingerprint density at radius 2 is 2.10 bits per heavy atom. The van der Waals surface area contributed by atoms with Crippen LogP contribution in [0.5, 0.6) is 0 Å². The van der Waals surface area contributed by atoms with Gasteiger partial charge in [0.2, 0.25) is 0 Å². The lowest BCUT2D eigenvalue weighted by molar-refractivity contribution is 0.0600. The second-order valence-electron chi connectivity index (χ2n) is 6.68. The number of hydrogen-bond donors (Lipinski definition) is 1. The molecule has 148 valence electrons. The highest BCUT2D eigenvalue weighted by Gasteiger charge is 2.25. The van der Waals surface area contributed by atoms with Crippen molar-refractivity contribution >= 4 is 23.3 Å². The summed E-state index contributed by atoms with van der Waals surface area (Å²) in [6.07, 6.45) is 2.99. The number of benzene rings is 2. The van der Waals surface area contributed by atoms with E-state index in [9.17, 15) is 14.0 Å². The van der Waals surface area contributed by atoms with Crippen LogP contribution in [0.25, 0.3) is 5.69 Å². The van der Waals surface area contributed by atoms with Crippen LogP contribution in [0.4, 0.5) is 10.1 Å². The van der Waals surface area contributed by atoms with Crippen molar-refractivity contribution in [1.82, 2.24) is 9.78 Å². The molecule has 1 aliphatic rings. The molecule has 0 saturated heterocycles. The molecule has 4 rings (SSSR count). The van der Waals surface area contributed by atoms with Gasteiger partial charge >= 0.3 is 5.97 Å². The summed E-state index contributed by atoms with van der Waals surface area (Å²) in [5, 5.41) is 7.31. The van der Waals surface area contributed by atoms with Gasteiger partial charge in [-0.15, -0.1) is 0 Å². The molecule has 1 unspecified atom stereocenters. The molecule has 1 heterocycles. The zero-order chi connectivity index (χ0) is 20.5. The van der Waals surface area contributed by atoms with Crippen LogP contribution in [-0.2, 0) is 11.2 Å². The number of nitrogens with one attached hydrogen (secondary N) is 1. The van der Waals surface area contributed by atoms with Crippen LogP contribution >= 0.6 is 11.6 Å². The quantitative estimate of drug-likeness (QED) is 0.656. The van der Waals surface area contributed by atoms with E-state index in [1.165, 1.54) is 25.4 Å². The molecule has 1 N–H and O–H groups in total. The van der Waals surface area contributed by atoms with Crippen LogP contribution in [0.2, 0.25) is 5.02 Å². The molecule has 0 bridgehead atoms. The van der Waals surface area contributed by atoms with Gasteiger partial charge in [-0.3, -0.25) is 4.79 Å². The Hall–Kier alpha value is -3.19. The first-order chi connectivity index (χ1) is 14.0. The average molecular weight is 414 g/mol. The van der Waals surface area contributed by atoms with Crippen molar-refractivity contribution in [3.8, 4) is 5.69 Å². The van der Waals surface area contributed by atoms with Gasteiger partial charge in [0.15, 0.2) is 0 Å². The second kappa shape index (κ2) is 7.67. The summed E-state index contributed by atoms with van der Waals surface area (Å²) in [5.74, 6) is -0.895. The van der Waals surface area contributed by atoms with Crippen molar-refractivity contribution in [2.45, 2.75) is 18.9 Å². The highest BCUT2D eigenvalue weighted by atomic mass is 35.5. The lowest BCUT2D eigenvalue weighted by Gasteiger charge is -2.17. The Morgan fingerprint density at radius 1 is 1.31 bits per heavy atom. The SMILES string of the molecule is COC(=O)c1ccccc1-n1ncc(NC2CCc3ccc(F)cc32)c(Cl)c1=O. The number of halogens is 2. The number of para-hydroxylation sites is 1. The number of hydrogen-bond acceptors (Lipinski definition) is 5. The molecule has 8 heteroatoms. The van der Waals surface area contributed by atoms with Crippen LogP contribution in [0.15, 0.2) is 53.5 Å². The van der Waals surface area contributed by atoms with E-state index in [-0.39, 0.29) is 28.1 Å². The van der Waals surface area contributed by atoms with E-state index >= 15 is 0 Å². The van der Waals surface area contributed by atoms with Gasteiger partial charge in [0.25, 0.3) is 5.56 Å². The molecule has 1 atom stereocenters. The van der Waals surface area contributed by atoms with Crippen LogP contribution in [0.1, 0.15) is 33.9 Å². The Bertz CT molecular complexity index is 1160. The summed E-state index contributed by atoms with van der Waals surface area (Å²) in [4.78, 5) is 24.8. The van der Waals surface area contributed by atoms with E-state index in [1.54, 1.807) is 30.3 Å². The minimum absolute atomic E-state index is 0.0653. The largest absolute Gasteiger partial charge is 0.465 e. The molecule has 0 aliphatic heterocycles. The van der Waals surface area contributed by atoms with Gasteiger partial charge in [0.05, 0.1) is 36.3 Å². The van der Waals surface area contributed by atoms with Gasteiger partial charge < -0.3 is 10.1 Å². The number of nitrogens with zero attached hydrogens (tertiary/aromatic N) is 2. The molecule has 2 aromatic carbocycles. The molecule has 0 spiro atoms. The fraction of sp³-hybridized carbons (Fsp3) is 0.190. The molecule has 0 amide bonds. The smallest absolute Gasteiger partial charge is 0.340 e. The Morgan fingerprint density at radius 3 is 2.90 bits per heavy atom. The topological polar surface area (TPSA) is 73.2 Å². The number of aryl methyl sites for hydroxylation is 1. The molecule has 0 fully saturated rings. The summed E-state index contributed by atoms with van der Waals surface area (Å²) < 4.78 is 19.5. The predicted molar refractivity (Wildman–Crippen MR) is 107 cm³/mol. The van der Waals surface area contributed by atoms with E-state index in [1.807, 2.05) is 0 Å². The van der Waals surface area contributed by atoms with Crippen LogP contribution in [0, 0.1) is 5.82 Å². The van der Waals surface area contributed by atoms with E-state index in [4.69, 9.17) is 16.3 Å². The maximum Gasteiger partial charge on any atom is 0.340 e. The third-order valence-electron chi connectivity index (χ3n) is 4.97. The van der Waals surface area contributed by atoms with Crippen molar-refractivity contribution in [3.63, 3.8) is 0 Å². The third kappa shape index (κ3) is 3.49. The molecule has 0 radical (unpaired) electrons. The fourth-order valence-corrected chi connectivity index (χ4v) is 3.74. The number of methoxy groups -OCH3 is 1. The minimum Gasteiger partial charge on any atom is -0.465 e. The molecule has 6 nitrogen and oxygen atoms in total. The molecule has 29 heavy (non-hydrogen) atoms. The molecule has 1 aromatic heterocycles. The summed E-state index contributed by atoms with van der Waals surface area (Å²) in [6, 6.07) is 11.0. The van der Waals surface area contributed by atoms with E-state index in [0.717, 1.165) is 28.7 Å². The van der Waals surface area contributed by atoms with Gasteiger partial charge in [-0.1, -0.05) is 29.8 Å². The van der Waals surface area contributed by atoms with Gasteiger partial charge in [-0.2, -0.15) is 9.78 Å². The van der Waals surface area contributed by atoms with Crippen LogP contribution in [0.3, 0.4) is 0 Å². The Balaban J connectivity index is 1.69. The first-order valence-corrected chi connectivity index (χ1v) is 9.38. The number of esters is 1. The Labute approximate surface area is 170 Å². The molecule has 0 saturated carbocycles. The maximum atomic E-state index is 13.6. The number of rotatable bonds is 4. The van der Waals surface area contributed by atoms with E-state index in [0.29, 0.717) is 5.69 Å². The predicted octanol–water partition coefficient (Wildman–Crippen LogP) is 3.91. The van der Waals surface area contributed by atoms with Crippen LogP contribution < -0.4 is 10.9 Å². The van der Waals surface area contributed by atoms with Gasteiger partial charge in [-0.05, 0) is 48.2 Å². The van der Waals surface area contributed by atoms with Gasteiger partial charge in [-0.25, -0.2) is 9.18 Å². The minimum atomic E-state index is -0.586. The number of carbonyl (C=O) groups excluding carboxylic acids is 1. The summed E-state index contributed by atoms with van der Waals surface area (Å²) >= 11 is 6.32. The monoisotopic (exact) mass is 413 g/mol. The van der Waals surface area contributed by atoms with Crippen LogP contribution in [-0.4, -0.2) is 22.9 Å². The van der Waals surface area contributed by atoms with E-state index < -0.39 is 11.5 Å². The number of ether oxygens (including phenoxy) is 1. The summed E-state index contributed by atoms with van der Waals surface area (Å²) in [6.45, 7) is 0. The van der Waals surface area contributed by atoms with Gasteiger partial charge in [0.1, 0.15) is 10.8 Å². The first kappa shape index (κ1) is 19.1.